The molecule has 1 aromatic carbocycles. The van der Waals surface area contributed by atoms with Gasteiger partial charge in [0.2, 0.25) is 5.91 Å². The molecule has 0 bridgehead atoms. The Labute approximate surface area is 179 Å². The van der Waals surface area contributed by atoms with Crippen LogP contribution in [0.5, 0.6) is 0 Å². The van der Waals surface area contributed by atoms with Gasteiger partial charge in [-0.2, -0.15) is 5.10 Å². The molecular weight excluding hydrogens is 404 g/mol. The van der Waals surface area contributed by atoms with Gasteiger partial charge in [-0.05, 0) is 38.0 Å². The van der Waals surface area contributed by atoms with Crippen molar-refractivity contribution in [1.29, 1.82) is 0 Å². The number of halogens is 2. The molecule has 9 heteroatoms. The largest absolute Gasteiger partial charge is 0.330 e. The van der Waals surface area contributed by atoms with Crippen molar-refractivity contribution in [2.75, 3.05) is 18.4 Å². The van der Waals surface area contributed by atoms with Gasteiger partial charge in [-0.1, -0.05) is 19.9 Å². The number of anilines is 1. The number of pyridine rings is 1. The van der Waals surface area contributed by atoms with Crippen LogP contribution >= 0.6 is 0 Å². The van der Waals surface area contributed by atoms with Crippen molar-refractivity contribution >= 4 is 28.5 Å². The van der Waals surface area contributed by atoms with Gasteiger partial charge < -0.3 is 10.2 Å². The van der Waals surface area contributed by atoms with Crippen molar-refractivity contribution in [3.8, 4) is 0 Å². The van der Waals surface area contributed by atoms with Crippen molar-refractivity contribution < 1.29 is 18.4 Å². The van der Waals surface area contributed by atoms with Gasteiger partial charge in [0, 0.05) is 19.3 Å². The number of fused-ring (bicyclic) bond motifs is 1. The Bertz CT molecular complexity index is 1140. The maximum absolute atomic E-state index is 13.8. The molecule has 1 N–H and O–H groups in total. The zero-order chi connectivity index (χ0) is 22.9. The summed E-state index contributed by atoms with van der Waals surface area (Å²) in [4.78, 5) is 31.8. The van der Waals surface area contributed by atoms with Gasteiger partial charge in [-0.15, -0.1) is 0 Å². The lowest BCUT2D eigenvalue weighted by atomic mass is 10.0. The van der Waals surface area contributed by atoms with Crippen molar-refractivity contribution in [3.05, 3.63) is 52.9 Å². The number of carbonyl (C=O) groups excluding carboxylic acids is 2. The molecule has 0 saturated heterocycles. The van der Waals surface area contributed by atoms with Gasteiger partial charge in [0.25, 0.3) is 5.91 Å². The number of nitrogens with one attached hydrogen (secondary N) is 1. The number of hydrogen-bond donors (Lipinski definition) is 1. The molecule has 2 aromatic heterocycles. The first kappa shape index (κ1) is 22.3. The first-order valence-electron chi connectivity index (χ1n) is 10.0. The molecule has 3 aromatic rings. The number of hydrogen-bond acceptors (Lipinski definition) is 4. The summed E-state index contributed by atoms with van der Waals surface area (Å²) in [5.74, 6) is -2.76. The first-order valence-corrected chi connectivity index (χ1v) is 10.0. The van der Waals surface area contributed by atoms with E-state index in [1.807, 2.05) is 13.8 Å². The number of likely N-dealkylation sites (N-methyl/N-ethyl adjacent to an activating group) is 1. The summed E-state index contributed by atoms with van der Waals surface area (Å²) in [7, 11) is 1.76. The number of benzene rings is 1. The van der Waals surface area contributed by atoms with E-state index in [1.54, 1.807) is 31.6 Å². The molecule has 0 atom stereocenters. The summed E-state index contributed by atoms with van der Waals surface area (Å²) in [6.07, 6.45) is 0. The summed E-state index contributed by atoms with van der Waals surface area (Å²) in [5.41, 5.74) is 1.82. The molecular formula is C22H25F2N5O2. The second kappa shape index (κ2) is 8.79. The summed E-state index contributed by atoms with van der Waals surface area (Å²) in [6, 6.07) is 5.03. The van der Waals surface area contributed by atoms with Gasteiger partial charge in [-0.3, -0.25) is 14.3 Å². The Hall–Kier alpha value is -3.36. The fourth-order valence-electron chi connectivity index (χ4n) is 3.40. The molecule has 0 aliphatic carbocycles. The maximum Gasteiger partial charge on any atom is 0.255 e. The molecule has 0 unspecified atom stereocenters. The Morgan fingerprint density at radius 3 is 2.45 bits per heavy atom. The third kappa shape index (κ3) is 4.40. The zero-order valence-electron chi connectivity index (χ0n) is 18.2. The maximum atomic E-state index is 13.8. The third-order valence-electron chi connectivity index (χ3n) is 5.04. The second-order valence-electron chi connectivity index (χ2n) is 7.62. The molecule has 2 amide bonds. The monoisotopic (exact) mass is 429 g/mol. The van der Waals surface area contributed by atoms with Crippen molar-refractivity contribution in [1.82, 2.24) is 19.7 Å². The Morgan fingerprint density at radius 1 is 1.23 bits per heavy atom. The number of aromatic nitrogens is 3. The fourth-order valence-corrected chi connectivity index (χ4v) is 3.40. The molecule has 31 heavy (non-hydrogen) atoms. The average molecular weight is 429 g/mol. The minimum absolute atomic E-state index is 0.0774. The third-order valence-corrected chi connectivity index (χ3v) is 5.04. The molecule has 2 heterocycles. The quantitative estimate of drug-likeness (QED) is 0.647. The highest BCUT2D eigenvalue weighted by Gasteiger charge is 2.25. The van der Waals surface area contributed by atoms with E-state index in [4.69, 9.17) is 0 Å². The molecule has 164 valence electrons. The van der Waals surface area contributed by atoms with Gasteiger partial charge in [0.15, 0.2) is 5.65 Å². The van der Waals surface area contributed by atoms with Crippen LogP contribution in [0.1, 0.15) is 48.4 Å². The molecule has 0 saturated carbocycles. The zero-order valence-corrected chi connectivity index (χ0v) is 18.2. The summed E-state index contributed by atoms with van der Waals surface area (Å²) in [6.45, 7) is 7.33. The Kier molecular flexibility index (Phi) is 6.33. The standard InChI is InChI=1S/C22H25F2N5O2/c1-6-29(11-18(30)26-20-15(23)8-7-9-16(20)24)22(31)14-10-17(12(2)3)25-21-19(14)13(4)27-28(21)5/h7-10,12H,6,11H2,1-5H3,(H,26,30). The summed E-state index contributed by atoms with van der Waals surface area (Å²) in [5, 5.41) is 7.22. The van der Waals surface area contributed by atoms with Crippen molar-refractivity contribution in [3.63, 3.8) is 0 Å². The van der Waals surface area contributed by atoms with E-state index >= 15 is 0 Å². The van der Waals surface area contributed by atoms with Gasteiger partial charge in [-0.25, -0.2) is 13.8 Å². The van der Waals surface area contributed by atoms with Crippen LogP contribution in [0.4, 0.5) is 14.5 Å². The predicted molar refractivity (Wildman–Crippen MR) is 114 cm³/mol. The lowest BCUT2D eigenvalue weighted by Crippen LogP contribution is -2.38. The summed E-state index contributed by atoms with van der Waals surface area (Å²) >= 11 is 0. The normalized spacial score (nSPS) is 11.2. The Morgan fingerprint density at radius 2 is 1.87 bits per heavy atom. The molecule has 0 spiro atoms. The topological polar surface area (TPSA) is 80.1 Å². The number of carbonyl (C=O) groups is 2. The van der Waals surface area contributed by atoms with Crippen LogP contribution in [0.2, 0.25) is 0 Å². The van der Waals surface area contributed by atoms with Crippen molar-refractivity contribution in [2.24, 2.45) is 7.05 Å². The van der Waals surface area contributed by atoms with Crippen LogP contribution in [0.3, 0.4) is 0 Å². The van der Waals surface area contributed by atoms with Crippen LogP contribution in [0, 0.1) is 18.6 Å². The van der Waals surface area contributed by atoms with Crippen LogP contribution in [0.25, 0.3) is 11.0 Å². The van der Waals surface area contributed by atoms with Crippen LogP contribution in [0.15, 0.2) is 24.3 Å². The van der Waals surface area contributed by atoms with E-state index < -0.39 is 23.2 Å². The number of aryl methyl sites for hydroxylation is 2. The highest BCUT2D eigenvalue weighted by atomic mass is 19.1. The lowest BCUT2D eigenvalue weighted by molar-refractivity contribution is -0.116. The van der Waals surface area contributed by atoms with Crippen LogP contribution in [-0.4, -0.2) is 44.6 Å². The van der Waals surface area contributed by atoms with Crippen molar-refractivity contribution in [2.45, 2.75) is 33.6 Å². The van der Waals surface area contributed by atoms with Gasteiger partial charge in [0.05, 0.1) is 16.6 Å². The number of amides is 2. The molecule has 0 fully saturated rings. The van der Waals surface area contributed by atoms with E-state index in [9.17, 15) is 18.4 Å². The summed E-state index contributed by atoms with van der Waals surface area (Å²) < 4.78 is 29.3. The van der Waals surface area contributed by atoms with E-state index in [1.165, 1.54) is 11.0 Å². The van der Waals surface area contributed by atoms with E-state index in [0.717, 1.165) is 17.8 Å². The SMILES string of the molecule is CCN(CC(=O)Nc1c(F)cccc1F)C(=O)c1cc(C(C)C)nc2c1c(C)nn2C. The number of rotatable bonds is 6. The second-order valence-corrected chi connectivity index (χ2v) is 7.62. The minimum atomic E-state index is -0.883. The fraction of sp³-hybridized carbons (Fsp3) is 0.364. The van der Waals surface area contributed by atoms with Gasteiger partial charge >= 0.3 is 0 Å². The highest BCUT2D eigenvalue weighted by Crippen LogP contribution is 2.26. The first-order chi connectivity index (χ1) is 14.6. The molecule has 0 aliphatic rings. The van der Waals surface area contributed by atoms with E-state index in [2.05, 4.69) is 15.4 Å². The number of nitrogens with zero attached hydrogens (tertiary/aromatic N) is 4. The van der Waals surface area contributed by atoms with E-state index in [0.29, 0.717) is 22.3 Å². The van der Waals surface area contributed by atoms with Crippen LogP contribution < -0.4 is 5.32 Å². The minimum Gasteiger partial charge on any atom is -0.330 e. The van der Waals surface area contributed by atoms with Gasteiger partial charge in [0.1, 0.15) is 23.9 Å². The average Bonchev–Trinajstić information content (AvgIpc) is 3.01. The predicted octanol–water partition coefficient (Wildman–Crippen LogP) is 3.78. The van der Waals surface area contributed by atoms with Crippen LogP contribution in [-0.2, 0) is 11.8 Å². The lowest BCUT2D eigenvalue weighted by Gasteiger charge is -2.21. The molecule has 0 aliphatic heterocycles. The van der Waals surface area contributed by atoms with E-state index in [-0.39, 0.29) is 24.9 Å². The Balaban J connectivity index is 1.93. The molecule has 3 rings (SSSR count). The number of para-hydroxylation sites is 1. The molecule has 7 nitrogen and oxygen atoms in total. The smallest absolute Gasteiger partial charge is 0.255 e. The molecule has 0 radical (unpaired) electrons. The highest BCUT2D eigenvalue weighted by molar-refractivity contribution is 6.08.